The highest BCUT2D eigenvalue weighted by Crippen LogP contribution is 2.25. The maximum Gasteiger partial charge on any atom is 0.306 e. The van der Waals surface area contributed by atoms with Gasteiger partial charge in [0.05, 0.1) is 12.5 Å². The van der Waals surface area contributed by atoms with Crippen LogP contribution in [-0.2, 0) is 9.59 Å². The first-order chi connectivity index (χ1) is 9.15. The van der Waals surface area contributed by atoms with Crippen molar-refractivity contribution in [3.8, 4) is 0 Å². The molecular formula is C13H23N3O3. The number of carbonyl (C=O) groups excluding carboxylic acids is 1. The zero-order valence-electron chi connectivity index (χ0n) is 11.2. The maximum absolute atomic E-state index is 11.9. The van der Waals surface area contributed by atoms with Crippen LogP contribution in [0, 0.1) is 5.92 Å². The highest BCUT2D eigenvalue weighted by molar-refractivity contribution is 5.78. The number of carboxylic acids is 1. The molecule has 19 heavy (non-hydrogen) atoms. The lowest BCUT2D eigenvalue weighted by molar-refractivity contribution is -0.141. The molecule has 6 nitrogen and oxygen atoms in total. The molecule has 6 heteroatoms. The summed E-state index contributed by atoms with van der Waals surface area (Å²) in [5.41, 5.74) is 0. The van der Waals surface area contributed by atoms with E-state index in [9.17, 15) is 9.59 Å². The summed E-state index contributed by atoms with van der Waals surface area (Å²) in [5.74, 6) is -0.999. The van der Waals surface area contributed by atoms with Gasteiger partial charge >= 0.3 is 5.97 Å². The van der Waals surface area contributed by atoms with Crippen molar-refractivity contribution in [3.63, 3.8) is 0 Å². The highest BCUT2D eigenvalue weighted by Gasteiger charge is 2.30. The summed E-state index contributed by atoms with van der Waals surface area (Å²) in [5, 5.41) is 15.2. The third-order valence-corrected chi connectivity index (χ3v) is 3.95. The lowest BCUT2D eigenvalue weighted by Crippen LogP contribution is -2.42. The number of amides is 1. The van der Waals surface area contributed by atoms with E-state index >= 15 is 0 Å². The largest absolute Gasteiger partial charge is 0.481 e. The molecule has 2 rings (SSSR count). The average Bonchev–Trinajstić information content (AvgIpc) is 2.67. The molecule has 1 aliphatic carbocycles. The molecule has 0 unspecified atom stereocenters. The van der Waals surface area contributed by atoms with Crippen molar-refractivity contribution in [2.24, 2.45) is 5.92 Å². The van der Waals surface area contributed by atoms with E-state index in [2.05, 4.69) is 15.5 Å². The zero-order chi connectivity index (χ0) is 13.7. The van der Waals surface area contributed by atoms with Crippen LogP contribution < -0.4 is 10.6 Å². The molecule has 0 bridgehead atoms. The van der Waals surface area contributed by atoms with Crippen molar-refractivity contribution in [2.75, 3.05) is 32.7 Å². The molecule has 2 atom stereocenters. The van der Waals surface area contributed by atoms with Gasteiger partial charge in [0.1, 0.15) is 0 Å². The smallest absolute Gasteiger partial charge is 0.306 e. The first-order valence-electron chi connectivity index (χ1n) is 7.10. The normalized spacial score (nSPS) is 28.8. The van der Waals surface area contributed by atoms with Gasteiger partial charge in [-0.05, 0) is 38.8 Å². The van der Waals surface area contributed by atoms with Gasteiger partial charge in [0.2, 0.25) is 5.91 Å². The van der Waals surface area contributed by atoms with Crippen LogP contribution in [0.3, 0.4) is 0 Å². The molecule has 0 radical (unpaired) electrons. The van der Waals surface area contributed by atoms with Gasteiger partial charge in [-0.3, -0.25) is 14.5 Å². The monoisotopic (exact) mass is 269 g/mol. The SMILES string of the molecule is O=C(CN1CCCNCC1)N[C@H]1CC[C@@H](C(=O)O)C1. The Morgan fingerprint density at radius 1 is 1.26 bits per heavy atom. The summed E-state index contributed by atoms with van der Waals surface area (Å²) in [6.07, 6.45) is 3.10. The standard InChI is InChI=1S/C13H23N3O3/c17-12(9-16-6-1-4-14-5-7-16)15-11-3-2-10(8-11)13(18)19/h10-11,14H,1-9H2,(H,15,17)(H,18,19)/t10-,11+/m1/s1. The lowest BCUT2D eigenvalue weighted by Gasteiger charge is -2.20. The lowest BCUT2D eigenvalue weighted by atomic mass is 10.1. The molecule has 0 aromatic carbocycles. The van der Waals surface area contributed by atoms with E-state index in [4.69, 9.17) is 5.11 Å². The number of rotatable bonds is 4. The molecule has 1 heterocycles. The summed E-state index contributed by atoms with van der Waals surface area (Å²) in [6, 6.07) is 0.0405. The molecular weight excluding hydrogens is 246 g/mol. The van der Waals surface area contributed by atoms with Crippen molar-refractivity contribution in [1.29, 1.82) is 0 Å². The van der Waals surface area contributed by atoms with Crippen LogP contribution in [-0.4, -0.2) is 60.6 Å². The van der Waals surface area contributed by atoms with Crippen LogP contribution in [0.4, 0.5) is 0 Å². The van der Waals surface area contributed by atoms with Crippen LogP contribution in [0.25, 0.3) is 0 Å². The second-order valence-corrected chi connectivity index (χ2v) is 5.49. The number of nitrogens with zero attached hydrogens (tertiary/aromatic N) is 1. The van der Waals surface area contributed by atoms with Crippen LogP contribution in [0.5, 0.6) is 0 Å². The number of hydrogen-bond acceptors (Lipinski definition) is 4. The maximum atomic E-state index is 11.9. The van der Waals surface area contributed by atoms with Gasteiger partial charge in [0.15, 0.2) is 0 Å². The summed E-state index contributed by atoms with van der Waals surface area (Å²) >= 11 is 0. The molecule has 108 valence electrons. The highest BCUT2D eigenvalue weighted by atomic mass is 16.4. The Balaban J connectivity index is 1.71. The van der Waals surface area contributed by atoms with Crippen molar-refractivity contribution >= 4 is 11.9 Å². The van der Waals surface area contributed by atoms with Crippen molar-refractivity contribution in [2.45, 2.75) is 31.7 Å². The van der Waals surface area contributed by atoms with Gasteiger partial charge in [-0.2, -0.15) is 0 Å². The molecule has 2 fully saturated rings. The molecule has 3 N–H and O–H groups in total. The van der Waals surface area contributed by atoms with E-state index in [0.717, 1.165) is 39.0 Å². The van der Waals surface area contributed by atoms with Gasteiger partial charge in [-0.25, -0.2) is 0 Å². The summed E-state index contributed by atoms with van der Waals surface area (Å²) in [4.78, 5) is 24.9. The molecule has 1 saturated heterocycles. The van der Waals surface area contributed by atoms with E-state index in [0.29, 0.717) is 19.4 Å². The number of carboxylic acid groups (broad SMARTS) is 1. The van der Waals surface area contributed by atoms with Crippen molar-refractivity contribution < 1.29 is 14.7 Å². The fourth-order valence-electron chi connectivity index (χ4n) is 2.87. The summed E-state index contributed by atoms with van der Waals surface area (Å²) in [6.45, 7) is 4.22. The Hall–Kier alpha value is -1.14. The predicted octanol–water partition coefficient (Wildman–Crippen LogP) is -0.349. The molecule has 1 aliphatic heterocycles. The van der Waals surface area contributed by atoms with Gasteiger partial charge in [-0.15, -0.1) is 0 Å². The fraction of sp³-hybridized carbons (Fsp3) is 0.846. The summed E-state index contributed by atoms with van der Waals surface area (Å²) < 4.78 is 0. The Bertz CT molecular complexity index is 327. The minimum atomic E-state index is -0.740. The third kappa shape index (κ3) is 4.47. The molecule has 0 spiro atoms. The zero-order valence-corrected chi connectivity index (χ0v) is 11.2. The molecule has 2 aliphatic rings. The Morgan fingerprint density at radius 3 is 2.84 bits per heavy atom. The Labute approximate surface area is 113 Å². The second-order valence-electron chi connectivity index (χ2n) is 5.49. The van der Waals surface area contributed by atoms with E-state index < -0.39 is 5.97 Å². The van der Waals surface area contributed by atoms with Gasteiger partial charge in [0, 0.05) is 19.1 Å². The van der Waals surface area contributed by atoms with Crippen LogP contribution >= 0.6 is 0 Å². The predicted molar refractivity (Wildman–Crippen MR) is 70.8 cm³/mol. The van der Waals surface area contributed by atoms with Gasteiger partial charge < -0.3 is 15.7 Å². The van der Waals surface area contributed by atoms with E-state index in [1.165, 1.54) is 0 Å². The van der Waals surface area contributed by atoms with Crippen molar-refractivity contribution in [1.82, 2.24) is 15.5 Å². The topological polar surface area (TPSA) is 81.7 Å². The Kier molecular flexibility index (Phi) is 5.15. The van der Waals surface area contributed by atoms with E-state index in [-0.39, 0.29) is 17.9 Å². The minimum absolute atomic E-state index is 0.0259. The van der Waals surface area contributed by atoms with E-state index in [1.807, 2.05) is 0 Å². The quantitative estimate of drug-likeness (QED) is 0.650. The first kappa shape index (κ1) is 14.3. The number of hydrogen-bond donors (Lipinski definition) is 3. The molecule has 1 amide bonds. The van der Waals surface area contributed by atoms with E-state index in [1.54, 1.807) is 0 Å². The summed E-state index contributed by atoms with van der Waals surface area (Å²) in [7, 11) is 0. The molecule has 0 aromatic heterocycles. The third-order valence-electron chi connectivity index (χ3n) is 3.95. The second kappa shape index (κ2) is 6.86. The number of aliphatic carboxylic acids is 1. The minimum Gasteiger partial charge on any atom is -0.481 e. The van der Waals surface area contributed by atoms with Crippen molar-refractivity contribution in [3.05, 3.63) is 0 Å². The van der Waals surface area contributed by atoms with Crippen LogP contribution in [0.1, 0.15) is 25.7 Å². The fourth-order valence-corrected chi connectivity index (χ4v) is 2.87. The van der Waals surface area contributed by atoms with Gasteiger partial charge in [-0.1, -0.05) is 0 Å². The Morgan fingerprint density at radius 2 is 2.11 bits per heavy atom. The first-order valence-corrected chi connectivity index (χ1v) is 7.10. The number of carbonyl (C=O) groups is 2. The van der Waals surface area contributed by atoms with Crippen LogP contribution in [0.15, 0.2) is 0 Å². The van der Waals surface area contributed by atoms with Gasteiger partial charge in [0.25, 0.3) is 0 Å². The molecule has 0 aromatic rings. The number of nitrogens with one attached hydrogen (secondary N) is 2. The average molecular weight is 269 g/mol. The molecule has 1 saturated carbocycles. The van der Waals surface area contributed by atoms with Crippen LogP contribution in [0.2, 0.25) is 0 Å².